The predicted molar refractivity (Wildman–Crippen MR) is 57.8 cm³/mol. The van der Waals surface area contributed by atoms with Gasteiger partial charge >= 0.3 is 6.18 Å². The van der Waals surface area contributed by atoms with Gasteiger partial charge in [-0.05, 0) is 24.6 Å². The molecule has 0 bridgehead atoms. The second-order valence-electron chi connectivity index (χ2n) is 3.57. The molecule has 1 N–H and O–H groups in total. The summed E-state index contributed by atoms with van der Waals surface area (Å²) in [5.74, 6) is -0.242. The fourth-order valence-corrected chi connectivity index (χ4v) is 1.36. The third kappa shape index (κ3) is 3.89. The van der Waals surface area contributed by atoms with Crippen molar-refractivity contribution in [2.24, 2.45) is 0 Å². The first-order valence-electron chi connectivity index (χ1n) is 5.29. The van der Waals surface area contributed by atoms with Crippen LogP contribution >= 0.6 is 0 Å². The van der Waals surface area contributed by atoms with Gasteiger partial charge in [0.05, 0.1) is 7.11 Å². The number of aromatic nitrogens is 1. The van der Waals surface area contributed by atoms with Gasteiger partial charge in [-0.25, -0.2) is 4.98 Å². The van der Waals surface area contributed by atoms with Gasteiger partial charge in [0.1, 0.15) is 5.75 Å². The Bertz CT molecular complexity index is 366. The molecule has 96 valence electrons. The van der Waals surface area contributed by atoms with Crippen molar-refractivity contribution in [2.75, 3.05) is 13.7 Å². The van der Waals surface area contributed by atoms with E-state index in [9.17, 15) is 13.2 Å². The topological polar surface area (TPSA) is 34.2 Å². The summed E-state index contributed by atoms with van der Waals surface area (Å²) in [5.41, 5.74) is -0.317. The highest BCUT2D eigenvalue weighted by molar-refractivity contribution is 5.33. The lowest BCUT2D eigenvalue weighted by atomic mass is 10.2. The van der Waals surface area contributed by atoms with Crippen LogP contribution in [0.2, 0.25) is 0 Å². The third-order valence-electron chi connectivity index (χ3n) is 2.15. The van der Waals surface area contributed by atoms with Crippen molar-refractivity contribution in [3.8, 4) is 5.75 Å². The molecule has 0 atom stereocenters. The van der Waals surface area contributed by atoms with E-state index in [1.54, 1.807) is 0 Å². The van der Waals surface area contributed by atoms with E-state index in [0.717, 1.165) is 13.0 Å². The smallest absolute Gasteiger partial charge is 0.437 e. The van der Waals surface area contributed by atoms with Gasteiger partial charge in [0.2, 0.25) is 0 Å². The molecular weight excluding hydrogens is 233 g/mol. The number of halogens is 3. The molecule has 0 aliphatic heterocycles. The number of ether oxygens (including phenoxy) is 1. The van der Waals surface area contributed by atoms with Crippen LogP contribution in [0, 0.1) is 0 Å². The Kier molecular flexibility index (Phi) is 4.74. The van der Waals surface area contributed by atoms with Gasteiger partial charge < -0.3 is 10.1 Å². The van der Waals surface area contributed by atoms with E-state index in [1.165, 1.54) is 19.4 Å². The largest absolute Gasteiger partial charge is 0.494 e. The predicted octanol–water partition coefficient (Wildman–Crippen LogP) is 2.61. The standard InChI is InChI=1S/C11H15F3N2O/c1-3-4-15-6-8-5-9(17-2)10(16-7-8)11(12,13)14/h5,7,15H,3-4,6H2,1-2H3. The summed E-state index contributed by atoms with van der Waals surface area (Å²) < 4.78 is 42.3. The van der Waals surface area contributed by atoms with Crippen LogP contribution in [0.15, 0.2) is 12.3 Å². The van der Waals surface area contributed by atoms with Crippen molar-refractivity contribution >= 4 is 0 Å². The maximum atomic E-state index is 12.5. The van der Waals surface area contributed by atoms with E-state index in [-0.39, 0.29) is 5.75 Å². The van der Waals surface area contributed by atoms with Crippen molar-refractivity contribution in [3.63, 3.8) is 0 Å². The van der Waals surface area contributed by atoms with E-state index in [2.05, 4.69) is 10.3 Å². The highest BCUT2D eigenvalue weighted by Gasteiger charge is 2.36. The number of pyridine rings is 1. The monoisotopic (exact) mass is 248 g/mol. The zero-order valence-electron chi connectivity index (χ0n) is 9.77. The van der Waals surface area contributed by atoms with E-state index >= 15 is 0 Å². The molecule has 17 heavy (non-hydrogen) atoms. The maximum Gasteiger partial charge on any atom is 0.437 e. The van der Waals surface area contributed by atoms with Crippen molar-refractivity contribution in [2.45, 2.75) is 26.1 Å². The molecule has 1 rings (SSSR count). The summed E-state index contributed by atoms with van der Waals surface area (Å²) in [6.07, 6.45) is -2.31. The molecule has 6 heteroatoms. The number of hydrogen-bond donors (Lipinski definition) is 1. The molecule has 0 radical (unpaired) electrons. The fraction of sp³-hybridized carbons (Fsp3) is 0.545. The van der Waals surface area contributed by atoms with Gasteiger partial charge in [-0.2, -0.15) is 13.2 Å². The zero-order chi connectivity index (χ0) is 12.9. The molecule has 0 saturated carbocycles. The van der Waals surface area contributed by atoms with Crippen LogP contribution in [0.4, 0.5) is 13.2 Å². The second kappa shape index (κ2) is 5.86. The Balaban J connectivity index is 2.85. The number of rotatable bonds is 5. The van der Waals surface area contributed by atoms with Gasteiger partial charge in [-0.1, -0.05) is 6.92 Å². The van der Waals surface area contributed by atoms with Gasteiger partial charge in [0, 0.05) is 12.7 Å². The van der Waals surface area contributed by atoms with Crippen LogP contribution < -0.4 is 10.1 Å². The lowest BCUT2D eigenvalue weighted by molar-refractivity contribution is -0.142. The lowest BCUT2D eigenvalue weighted by Gasteiger charge is -2.12. The molecule has 0 aliphatic rings. The summed E-state index contributed by atoms with van der Waals surface area (Å²) >= 11 is 0. The lowest BCUT2D eigenvalue weighted by Crippen LogP contribution is -2.15. The molecule has 0 aliphatic carbocycles. The quantitative estimate of drug-likeness (QED) is 0.813. The molecular formula is C11H15F3N2O. The number of alkyl halides is 3. The highest BCUT2D eigenvalue weighted by atomic mass is 19.4. The van der Waals surface area contributed by atoms with Crippen LogP contribution in [-0.4, -0.2) is 18.6 Å². The molecule has 1 aromatic rings. The van der Waals surface area contributed by atoms with Crippen LogP contribution in [0.5, 0.6) is 5.75 Å². The normalized spacial score (nSPS) is 11.6. The van der Waals surface area contributed by atoms with Crippen LogP contribution in [0.25, 0.3) is 0 Å². The molecule has 1 aromatic heterocycles. The average molecular weight is 248 g/mol. The van der Waals surface area contributed by atoms with E-state index in [1.807, 2.05) is 6.92 Å². The van der Waals surface area contributed by atoms with Crippen molar-refractivity contribution < 1.29 is 17.9 Å². The highest BCUT2D eigenvalue weighted by Crippen LogP contribution is 2.34. The minimum atomic E-state index is -4.49. The fourth-order valence-electron chi connectivity index (χ4n) is 1.36. The maximum absolute atomic E-state index is 12.5. The van der Waals surface area contributed by atoms with Crippen LogP contribution in [0.1, 0.15) is 24.6 Å². The Morgan fingerprint density at radius 3 is 2.65 bits per heavy atom. The minimum Gasteiger partial charge on any atom is -0.494 e. The van der Waals surface area contributed by atoms with Gasteiger partial charge in [-0.15, -0.1) is 0 Å². The Hall–Kier alpha value is -1.30. The molecule has 3 nitrogen and oxygen atoms in total. The van der Waals surface area contributed by atoms with E-state index in [4.69, 9.17) is 4.74 Å². The Morgan fingerprint density at radius 1 is 1.41 bits per heavy atom. The molecule has 0 amide bonds. The van der Waals surface area contributed by atoms with E-state index < -0.39 is 11.9 Å². The number of methoxy groups -OCH3 is 1. The number of nitrogens with one attached hydrogen (secondary N) is 1. The summed E-state index contributed by atoms with van der Waals surface area (Å²) in [6.45, 7) is 3.30. The summed E-state index contributed by atoms with van der Waals surface area (Å²) in [4.78, 5) is 3.41. The first-order valence-corrected chi connectivity index (χ1v) is 5.29. The van der Waals surface area contributed by atoms with Gasteiger partial charge in [0.25, 0.3) is 0 Å². The minimum absolute atomic E-state index is 0.242. The molecule has 1 heterocycles. The first kappa shape index (κ1) is 13.8. The molecule has 0 spiro atoms. The van der Waals surface area contributed by atoms with Gasteiger partial charge in [-0.3, -0.25) is 0 Å². The first-order chi connectivity index (χ1) is 7.99. The number of hydrogen-bond acceptors (Lipinski definition) is 3. The van der Waals surface area contributed by atoms with Crippen LogP contribution in [-0.2, 0) is 12.7 Å². The summed E-state index contributed by atoms with van der Waals surface area (Å²) in [7, 11) is 1.20. The molecule has 0 saturated heterocycles. The van der Waals surface area contributed by atoms with Crippen molar-refractivity contribution in [3.05, 3.63) is 23.5 Å². The molecule has 0 unspecified atom stereocenters. The second-order valence-corrected chi connectivity index (χ2v) is 3.57. The van der Waals surface area contributed by atoms with Gasteiger partial charge in [0.15, 0.2) is 5.69 Å². The zero-order valence-corrected chi connectivity index (χ0v) is 9.77. The number of nitrogens with zero attached hydrogens (tertiary/aromatic N) is 1. The van der Waals surface area contributed by atoms with Crippen molar-refractivity contribution in [1.29, 1.82) is 0 Å². The molecule has 0 aromatic carbocycles. The molecule has 0 fully saturated rings. The average Bonchev–Trinajstić information content (AvgIpc) is 2.28. The Labute approximate surface area is 98.0 Å². The summed E-state index contributed by atoms with van der Waals surface area (Å²) in [6, 6.07) is 1.36. The third-order valence-corrected chi connectivity index (χ3v) is 2.15. The Morgan fingerprint density at radius 2 is 2.12 bits per heavy atom. The summed E-state index contributed by atoms with van der Waals surface area (Å²) in [5, 5.41) is 3.08. The van der Waals surface area contributed by atoms with Crippen LogP contribution in [0.3, 0.4) is 0 Å². The van der Waals surface area contributed by atoms with Crippen molar-refractivity contribution in [1.82, 2.24) is 10.3 Å². The SMILES string of the molecule is CCCNCc1cnc(C(F)(F)F)c(OC)c1. The van der Waals surface area contributed by atoms with E-state index in [0.29, 0.717) is 12.1 Å².